The summed E-state index contributed by atoms with van der Waals surface area (Å²) in [6.07, 6.45) is 3.59. The molecule has 7 heteroatoms. The minimum Gasteiger partial charge on any atom is -0.342 e. The van der Waals surface area contributed by atoms with Gasteiger partial charge in [-0.3, -0.25) is 9.59 Å². The Balaban J connectivity index is 1.80. The lowest BCUT2D eigenvalue weighted by molar-refractivity contribution is 0.0922. The smallest absolute Gasteiger partial charge is 0.266 e. The van der Waals surface area contributed by atoms with Crippen molar-refractivity contribution in [3.05, 3.63) is 70.5 Å². The van der Waals surface area contributed by atoms with E-state index in [0.717, 1.165) is 11.4 Å². The number of carbonyl (C=O) groups excluding carboxylic acids is 1. The first-order valence-electron chi connectivity index (χ1n) is 8.79. The van der Waals surface area contributed by atoms with Gasteiger partial charge in [-0.15, -0.1) is 0 Å². The fraction of sp³-hybridized carbons (Fsp3) is 0.300. The molecule has 0 radical (unpaired) electrons. The molecule has 7 nitrogen and oxygen atoms in total. The number of rotatable bonds is 5. The van der Waals surface area contributed by atoms with Crippen molar-refractivity contribution in [3.63, 3.8) is 0 Å². The van der Waals surface area contributed by atoms with Gasteiger partial charge in [-0.25, -0.2) is 9.67 Å². The van der Waals surface area contributed by atoms with Crippen LogP contribution in [0.2, 0.25) is 0 Å². The average molecular weight is 365 g/mol. The summed E-state index contributed by atoms with van der Waals surface area (Å²) in [5, 5.41) is 7.29. The first kappa shape index (κ1) is 18.6. The largest absolute Gasteiger partial charge is 0.342 e. The van der Waals surface area contributed by atoms with Crippen molar-refractivity contribution in [3.8, 4) is 11.3 Å². The topological polar surface area (TPSA) is 81.8 Å². The van der Waals surface area contributed by atoms with Crippen LogP contribution >= 0.6 is 0 Å². The molecule has 0 aliphatic rings. The Hall–Kier alpha value is -3.22. The highest BCUT2D eigenvalue weighted by molar-refractivity contribution is 5.94. The second kappa shape index (κ2) is 7.57. The lowest BCUT2D eigenvalue weighted by Gasteiger charge is -2.22. The average Bonchev–Trinajstić information content (AvgIpc) is 3.07. The maximum atomic E-state index is 12.7. The van der Waals surface area contributed by atoms with Crippen molar-refractivity contribution in [1.29, 1.82) is 0 Å². The molecule has 140 valence electrons. The van der Waals surface area contributed by atoms with Gasteiger partial charge in [-0.1, -0.05) is 26.0 Å². The SMILES string of the molecule is CC(C)[C@@H](NC(=O)c1ccc(-c2ccc(=O)n(C)n2)cc1)c1nccn1C. The highest BCUT2D eigenvalue weighted by atomic mass is 16.1. The molecule has 27 heavy (non-hydrogen) atoms. The fourth-order valence-electron chi connectivity index (χ4n) is 2.88. The van der Waals surface area contributed by atoms with Gasteiger partial charge in [-0.05, 0) is 24.1 Å². The van der Waals surface area contributed by atoms with Gasteiger partial charge in [0, 0.05) is 43.7 Å². The monoisotopic (exact) mass is 365 g/mol. The number of hydrogen-bond acceptors (Lipinski definition) is 4. The van der Waals surface area contributed by atoms with E-state index in [0.29, 0.717) is 11.3 Å². The quantitative estimate of drug-likeness (QED) is 0.752. The fourth-order valence-corrected chi connectivity index (χ4v) is 2.88. The number of aromatic nitrogens is 4. The molecule has 0 aliphatic carbocycles. The minimum absolute atomic E-state index is 0.156. The molecule has 0 saturated carbocycles. The lowest BCUT2D eigenvalue weighted by Crippen LogP contribution is -2.33. The van der Waals surface area contributed by atoms with Gasteiger partial charge in [0.2, 0.25) is 0 Å². The van der Waals surface area contributed by atoms with E-state index in [9.17, 15) is 9.59 Å². The molecule has 0 aliphatic heterocycles. The summed E-state index contributed by atoms with van der Waals surface area (Å²) in [7, 11) is 3.52. The number of nitrogens with one attached hydrogen (secondary N) is 1. The van der Waals surface area contributed by atoms with Gasteiger partial charge in [0.25, 0.3) is 11.5 Å². The van der Waals surface area contributed by atoms with Crippen molar-refractivity contribution in [2.75, 3.05) is 0 Å². The Morgan fingerprint density at radius 3 is 2.33 bits per heavy atom. The van der Waals surface area contributed by atoms with E-state index in [1.807, 2.05) is 43.8 Å². The molecule has 1 amide bonds. The Bertz CT molecular complexity index is 1000. The van der Waals surface area contributed by atoms with Gasteiger partial charge >= 0.3 is 0 Å². The molecule has 3 aromatic rings. The zero-order valence-corrected chi connectivity index (χ0v) is 15.9. The summed E-state index contributed by atoms with van der Waals surface area (Å²) in [6, 6.07) is 10.1. The van der Waals surface area contributed by atoms with E-state index in [2.05, 4.69) is 15.4 Å². The maximum Gasteiger partial charge on any atom is 0.266 e. The van der Waals surface area contributed by atoms with E-state index in [-0.39, 0.29) is 23.4 Å². The molecule has 0 fully saturated rings. The zero-order valence-electron chi connectivity index (χ0n) is 15.9. The third-order valence-electron chi connectivity index (χ3n) is 4.49. The molecule has 1 aromatic carbocycles. The van der Waals surface area contributed by atoms with Gasteiger partial charge in [0.05, 0.1) is 11.7 Å². The standard InChI is InChI=1S/C20H23N5O2/c1-13(2)18(19-21-11-12-24(19)3)22-20(27)15-7-5-14(6-8-15)16-9-10-17(26)25(4)23-16/h5-13,18H,1-4H3,(H,22,27)/t18-/m1/s1. The van der Waals surface area contributed by atoms with Crippen LogP contribution in [0.25, 0.3) is 11.3 Å². The van der Waals surface area contributed by atoms with Crippen LogP contribution in [0.1, 0.15) is 36.1 Å². The molecule has 1 N–H and O–H groups in total. The van der Waals surface area contributed by atoms with E-state index in [1.54, 1.807) is 31.4 Å². The highest BCUT2D eigenvalue weighted by Crippen LogP contribution is 2.21. The van der Waals surface area contributed by atoms with E-state index < -0.39 is 0 Å². The molecular formula is C20H23N5O2. The van der Waals surface area contributed by atoms with E-state index in [4.69, 9.17) is 0 Å². The second-order valence-corrected chi connectivity index (χ2v) is 6.85. The summed E-state index contributed by atoms with van der Waals surface area (Å²) < 4.78 is 3.20. The summed E-state index contributed by atoms with van der Waals surface area (Å²) in [5.74, 6) is 0.866. The number of amides is 1. The first-order chi connectivity index (χ1) is 12.9. The number of benzene rings is 1. The number of imidazole rings is 1. The second-order valence-electron chi connectivity index (χ2n) is 6.85. The maximum absolute atomic E-state index is 12.7. The van der Waals surface area contributed by atoms with Crippen LogP contribution < -0.4 is 10.9 Å². The Morgan fingerprint density at radius 2 is 1.78 bits per heavy atom. The normalized spacial score (nSPS) is 12.2. The van der Waals surface area contributed by atoms with Crippen molar-refractivity contribution >= 4 is 5.91 Å². The molecule has 2 heterocycles. The van der Waals surface area contributed by atoms with Crippen LogP contribution in [-0.2, 0) is 14.1 Å². The molecule has 3 rings (SSSR count). The number of aryl methyl sites for hydroxylation is 2. The van der Waals surface area contributed by atoms with Gasteiger partial charge < -0.3 is 9.88 Å². The van der Waals surface area contributed by atoms with Crippen molar-refractivity contribution < 1.29 is 4.79 Å². The first-order valence-corrected chi connectivity index (χ1v) is 8.79. The van der Waals surface area contributed by atoms with E-state index in [1.165, 1.54) is 10.7 Å². The Morgan fingerprint density at radius 1 is 1.07 bits per heavy atom. The van der Waals surface area contributed by atoms with Gasteiger partial charge in [-0.2, -0.15) is 5.10 Å². The van der Waals surface area contributed by atoms with Crippen molar-refractivity contribution in [1.82, 2.24) is 24.6 Å². The molecule has 2 aromatic heterocycles. The van der Waals surface area contributed by atoms with Crippen LogP contribution in [0, 0.1) is 5.92 Å². The van der Waals surface area contributed by atoms with Gasteiger partial charge in [0.15, 0.2) is 0 Å². The lowest BCUT2D eigenvalue weighted by atomic mass is 10.0. The molecule has 1 atom stereocenters. The van der Waals surface area contributed by atoms with Crippen LogP contribution in [-0.4, -0.2) is 25.2 Å². The Kier molecular flexibility index (Phi) is 5.21. The van der Waals surface area contributed by atoms with Crippen LogP contribution in [0.4, 0.5) is 0 Å². The summed E-state index contributed by atoms with van der Waals surface area (Å²) in [4.78, 5) is 28.5. The van der Waals surface area contributed by atoms with Crippen LogP contribution in [0.15, 0.2) is 53.6 Å². The third kappa shape index (κ3) is 3.97. The summed E-state index contributed by atoms with van der Waals surface area (Å²) in [6.45, 7) is 4.10. The molecule has 0 unspecified atom stereocenters. The molecule has 0 spiro atoms. The van der Waals surface area contributed by atoms with Crippen molar-refractivity contribution in [2.45, 2.75) is 19.9 Å². The molecule has 0 bridgehead atoms. The van der Waals surface area contributed by atoms with Crippen molar-refractivity contribution in [2.24, 2.45) is 20.0 Å². The minimum atomic E-state index is -0.178. The predicted molar refractivity (Wildman–Crippen MR) is 103 cm³/mol. The molecular weight excluding hydrogens is 342 g/mol. The zero-order chi connectivity index (χ0) is 19.6. The number of nitrogens with zero attached hydrogens (tertiary/aromatic N) is 4. The van der Waals surface area contributed by atoms with Gasteiger partial charge in [0.1, 0.15) is 5.82 Å². The number of carbonyl (C=O) groups is 1. The third-order valence-corrected chi connectivity index (χ3v) is 4.49. The van der Waals surface area contributed by atoms with E-state index >= 15 is 0 Å². The molecule has 0 saturated heterocycles. The highest BCUT2D eigenvalue weighted by Gasteiger charge is 2.22. The predicted octanol–water partition coefficient (Wildman–Crippen LogP) is 2.31. The number of hydrogen-bond donors (Lipinski definition) is 1. The van der Waals surface area contributed by atoms with Crippen LogP contribution in [0.5, 0.6) is 0 Å². The summed E-state index contributed by atoms with van der Waals surface area (Å²) >= 11 is 0. The van der Waals surface area contributed by atoms with Crippen LogP contribution in [0.3, 0.4) is 0 Å². The summed E-state index contributed by atoms with van der Waals surface area (Å²) in [5.41, 5.74) is 1.91. The Labute approximate surface area is 157 Å².